The summed E-state index contributed by atoms with van der Waals surface area (Å²) in [5.41, 5.74) is 3.99. The summed E-state index contributed by atoms with van der Waals surface area (Å²) in [6.45, 7) is 5.33. The third kappa shape index (κ3) is 5.84. The number of hydrogen-bond acceptors (Lipinski definition) is 2. The predicted molar refractivity (Wildman–Crippen MR) is 128 cm³/mol. The number of ether oxygens (including phenoxy) is 1. The molecule has 3 rings (SSSR count). The zero-order valence-electron chi connectivity index (χ0n) is 16.5. The minimum atomic E-state index is 0. The lowest BCUT2D eigenvalue weighted by molar-refractivity contribution is 0.0512. The number of benzene rings is 2. The van der Waals surface area contributed by atoms with E-state index in [0.717, 1.165) is 43.6 Å². The highest BCUT2D eigenvalue weighted by molar-refractivity contribution is 14.0. The number of nitrogens with one attached hydrogen (secondary N) is 2. The van der Waals surface area contributed by atoms with Gasteiger partial charge < -0.3 is 15.4 Å². The standard InChI is InChI=1S/C22H28ClN3O.HI/c1-17-5-3-4-6-20(17)22(11-13-27-14-12-22)16-26-21(24-2)25-15-18-7-9-19(23)10-8-18;/h3-10H,11-16H2,1-2H3,(H2,24,25,26);1H. The lowest BCUT2D eigenvalue weighted by Gasteiger charge is -2.39. The van der Waals surface area contributed by atoms with Crippen LogP contribution in [0, 0.1) is 6.92 Å². The summed E-state index contributed by atoms with van der Waals surface area (Å²) in [7, 11) is 1.81. The SMILES string of the molecule is CN=C(NCc1ccc(Cl)cc1)NCC1(c2ccccc2C)CCOCC1.I. The van der Waals surface area contributed by atoms with E-state index in [1.54, 1.807) is 0 Å². The van der Waals surface area contributed by atoms with Crippen molar-refractivity contribution in [3.05, 3.63) is 70.2 Å². The van der Waals surface area contributed by atoms with Crippen LogP contribution in [0.2, 0.25) is 5.02 Å². The van der Waals surface area contributed by atoms with Gasteiger partial charge in [-0.05, 0) is 48.6 Å². The third-order valence-electron chi connectivity index (χ3n) is 5.36. The Morgan fingerprint density at radius 3 is 2.39 bits per heavy atom. The van der Waals surface area contributed by atoms with Crippen LogP contribution in [0.5, 0.6) is 0 Å². The van der Waals surface area contributed by atoms with E-state index in [4.69, 9.17) is 16.3 Å². The molecule has 0 aliphatic carbocycles. The second kappa shape index (κ2) is 11.0. The molecule has 0 spiro atoms. The van der Waals surface area contributed by atoms with Gasteiger partial charge in [-0.2, -0.15) is 0 Å². The Kier molecular flexibility index (Phi) is 9.05. The molecule has 6 heteroatoms. The van der Waals surface area contributed by atoms with Gasteiger partial charge in [0.05, 0.1) is 0 Å². The third-order valence-corrected chi connectivity index (χ3v) is 5.61. The maximum absolute atomic E-state index is 5.96. The molecule has 1 aliphatic rings. The van der Waals surface area contributed by atoms with Crippen LogP contribution in [0.4, 0.5) is 0 Å². The highest BCUT2D eigenvalue weighted by Crippen LogP contribution is 2.36. The molecule has 0 unspecified atom stereocenters. The highest BCUT2D eigenvalue weighted by Gasteiger charge is 2.35. The molecule has 1 heterocycles. The molecular formula is C22H29ClIN3O. The molecule has 0 amide bonds. The van der Waals surface area contributed by atoms with Crippen molar-refractivity contribution < 1.29 is 4.74 Å². The number of nitrogens with zero attached hydrogens (tertiary/aromatic N) is 1. The number of halogens is 2. The first kappa shape index (κ1) is 23.0. The van der Waals surface area contributed by atoms with E-state index < -0.39 is 0 Å². The fourth-order valence-electron chi connectivity index (χ4n) is 3.73. The molecule has 0 radical (unpaired) electrons. The molecule has 0 aromatic heterocycles. The summed E-state index contributed by atoms with van der Waals surface area (Å²) in [6.07, 6.45) is 2.03. The van der Waals surface area contributed by atoms with Crippen molar-refractivity contribution in [2.45, 2.75) is 31.7 Å². The summed E-state index contributed by atoms with van der Waals surface area (Å²) >= 11 is 5.96. The average molecular weight is 514 g/mol. The van der Waals surface area contributed by atoms with Crippen molar-refractivity contribution in [2.75, 3.05) is 26.8 Å². The van der Waals surface area contributed by atoms with Crippen LogP contribution in [0.1, 0.15) is 29.5 Å². The topological polar surface area (TPSA) is 45.7 Å². The predicted octanol–water partition coefficient (Wildman–Crippen LogP) is 4.68. The van der Waals surface area contributed by atoms with Gasteiger partial charge in [-0.3, -0.25) is 4.99 Å². The normalized spacial score (nSPS) is 16.2. The molecule has 152 valence electrons. The minimum Gasteiger partial charge on any atom is -0.381 e. The summed E-state index contributed by atoms with van der Waals surface area (Å²) in [5, 5.41) is 7.69. The van der Waals surface area contributed by atoms with Gasteiger partial charge in [0.1, 0.15) is 0 Å². The Labute approximate surface area is 190 Å². The zero-order chi connectivity index (χ0) is 19.1. The van der Waals surface area contributed by atoms with Crippen molar-refractivity contribution in [3.63, 3.8) is 0 Å². The van der Waals surface area contributed by atoms with E-state index in [2.05, 4.69) is 46.8 Å². The summed E-state index contributed by atoms with van der Waals surface area (Å²) < 4.78 is 5.65. The van der Waals surface area contributed by atoms with Crippen molar-refractivity contribution in [2.24, 2.45) is 4.99 Å². The lowest BCUT2D eigenvalue weighted by Crippen LogP contribution is -2.48. The van der Waals surface area contributed by atoms with Crippen LogP contribution in [-0.4, -0.2) is 32.8 Å². The number of guanidine groups is 1. The first-order valence-corrected chi connectivity index (χ1v) is 9.84. The van der Waals surface area contributed by atoms with Gasteiger partial charge in [-0.1, -0.05) is 48.0 Å². The fraction of sp³-hybridized carbons (Fsp3) is 0.409. The van der Waals surface area contributed by atoms with Gasteiger partial charge in [0.15, 0.2) is 5.96 Å². The Morgan fingerprint density at radius 2 is 1.75 bits per heavy atom. The van der Waals surface area contributed by atoms with Crippen LogP contribution in [0.3, 0.4) is 0 Å². The Hall–Kier alpha value is -1.31. The highest BCUT2D eigenvalue weighted by atomic mass is 127. The summed E-state index contributed by atoms with van der Waals surface area (Å²) in [6, 6.07) is 16.5. The lowest BCUT2D eigenvalue weighted by atomic mass is 9.72. The Bertz CT molecular complexity index is 774. The number of aliphatic imine (C=N–C) groups is 1. The van der Waals surface area contributed by atoms with Crippen LogP contribution >= 0.6 is 35.6 Å². The maximum atomic E-state index is 5.96. The Balaban J connectivity index is 0.00000280. The van der Waals surface area contributed by atoms with Crippen LogP contribution < -0.4 is 10.6 Å². The smallest absolute Gasteiger partial charge is 0.191 e. The molecule has 1 aliphatic heterocycles. The maximum Gasteiger partial charge on any atom is 0.191 e. The van der Waals surface area contributed by atoms with Gasteiger partial charge in [-0.15, -0.1) is 24.0 Å². The van der Waals surface area contributed by atoms with Gasteiger partial charge in [0.25, 0.3) is 0 Å². The monoisotopic (exact) mass is 513 g/mol. The Morgan fingerprint density at radius 1 is 1.07 bits per heavy atom. The van der Waals surface area contributed by atoms with E-state index >= 15 is 0 Å². The molecule has 1 fully saturated rings. The van der Waals surface area contributed by atoms with Crippen molar-refractivity contribution in [1.82, 2.24) is 10.6 Å². The second-order valence-electron chi connectivity index (χ2n) is 7.11. The molecule has 2 N–H and O–H groups in total. The van der Waals surface area contributed by atoms with E-state index in [1.165, 1.54) is 16.7 Å². The van der Waals surface area contributed by atoms with Crippen LogP contribution in [0.15, 0.2) is 53.5 Å². The van der Waals surface area contributed by atoms with Gasteiger partial charge in [0.2, 0.25) is 0 Å². The van der Waals surface area contributed by atoms with Crippen molar-refractivity contribution in [3.8, 4) is 0 Å². The molecule has 28 heavy (non-hydrogen) atoms. The molecule has 0 bridgehead atoms. The largest absolute Gasteiger partial charge is 0.381 e. The molecule has 0 atom stereocenters. The van der Waals surface area contributed by atoms with Crippen molar-refractivity contribution >= 4 is 41.5 Å². The quantitative estimate of drug-likeness (QED) is 0.347. The summed E-state index contributed by atoms with van der Waals surface area (Å²) in [5.74, 6) is 0.810. The van der Waals surface area contributed by atoms with E-state index in [-0.39, 0.29) is 29.4 Å². The number of hydrogen-bond donors (Lipinski definition) is 2. The molecule has 4 nitrogen and oxygen atoms in total. The number of aryl methyl sites for hydroxylation is 1. The van der Waals surface area contributed by atoms with Crippen molar-refractivity contribution in [1.29, 1.82) is 0 Å². The molecule has 0 saturated carbocycles. The number of rotatable bonds is 5. The van der Waals surface area contributed by atoms with Crippen LogP contribution in [-0.2, 0) is 16.7 Å². The van der Waals surface area contributed by atoms with Gasteiger partial charge in [0, 0.05) is 43.8 Å². The van der Waals surface area contributed by atoms with E-state index in [9.17, 15) is 0 Å². The first-order valence-electron chi connectivity index (χ1n) is 9.46. The van der Waals surface area contributed by atoms with Crippen LogP contribution in [0.25, 0.3) is 0 Å². The zero-order valence-corrected chi connectivity index (χ0v) is 19.6. The second-order valence-corrected chi connectivity index (χ2v) is 7.55. The average Bonchev–Trinajstić information content (AvgIpc) is 2.70. The van der Waals surface area contributed by atoms with E-state index in [0.29, 0.717) is 6.54 Å². The first-order chi connectivity index (χ1) is 13.1. The minimum absolute atomic E-state index is 0. The molecular weight excluding hydrogens is 485 g/mol. The fourth-order valence-corrected chi connectivity index (χ4v) is 3.86. The van der Waals surface area contributed by atoms with E-state index in [1.807, 2.05) is 31.3 Å². The summed E-state index contributed by atoms with van der Waals surface area (Å²) in [4.78, 5) is 4.39. The molecule has 2 aromatic rings. The molecule has 2 aromatic carbocycles. The molecule has 1 saturated heterocycles. The van der Waals surface area contributed by atoms with Gasteiger partial charge >= 0.3 is 0 Å². The van der Waals surface area contributed by atoms with Gasteiger partial charge in [-0.25, -0.2) is 0 Å².